The predicted octanol–water partition coefficient (Wildman–Crippen LogP) is -2.27. The van der Waals surface area contributed by atoms with Crippen molar-refractivity contribution < 1.29 is 34.3 Å². The minimum absolute atomic E-state index is 0.313. The predicted molar refractivity (Wildman–Crippen MR) is 46.5 cm³/mol. The normalized spacial score (nSPS) is 9.60. The van der Waals surface area contributed by atoms with Crippen LogP contribution in [0.4, 0.5) is 0 Å². The molecule has 0 unspecified atom stereocenters. The Morgan fingerprint density at radius 1 is 1.53 bits per heavy atom. The maximum Gasteiger partial charge on any atom is 0.333 e. The van der Waals surface area contributed by atoms with Crippen molar-refractivity contribution in [2.24, 2.45) is 0 Å². The fourth-order valence-corrected chi connectivity index (χ4v) is 0.444. The van der Waals surface area contributed by atoms with Crippen LogP contribution in [0.15, 0.2) is 12.2 Å². The van der Waals surface area contributed by atoms with E-state index < -0.39 is 10.8 Å². The smallest absolute Gasteiger partial charge is 0.333 e. The number of esters is 1. The molecule has 0 heterocycles. The van der Waals surface area contributed by atoms with Gasteiger partial charge in [-0.05, 0) is 21.0 Å². The number of carbonyl (C=O) groups is 1. The second kappa shape index (κ2) is 9.88. The number of carbonyl (C=O) groups excluding carboxylic acids is 1. The summed E-state index contributed by atoms with van der Waals surface area (Å²) in [6.45, 7) is 6.28. The molecule has 7 heteroatoms. The molecule has 0 saturated carbocycles. The number of nitrogens with zero attached hydrogens (tertiary/aromatic N) is 1. The molecule has 0 bridgehead atoms. The maximum atomic E-state index is 10.8. The van der Waals surface area contributed by atoms with Crippen LogP contribution < -0.4 is 9.32 Å². The number of hydrogen-bond donors (Lipinski definition) is 1. The summed E-state index contributed by atoms with van der Waals surface area (Å²) in [4.78, 5) is 12.7. The molecule has 90 valence electrons. The molecule has 0 saturated heterocycles. The summed E-state index contributed by atoms with van der Waals surface area (Å²) < 4.78 is 28.8. The monoisotopic (exact) mass is 241 g/mol. The molecule has 0 amide bonds. The number of rotatable bonds is 4. The average molecular weight is 242 g/mol. The summed E-state index contributed by atoms with van der Waals surface area (Å²) in [6, 6.07) is 0. The molecular formula is C8H16ClNO5. The summed E-state index contributed by atoms with van der Waals surface area (Å²) >= 11 is 0. The van der Waals surface area contributed by atoms with Crippen molar-refractivity contribution in [3.05, 3.63) is 12.2 Å². The van der Waals surface area contributed by atoms with Crippen LogP contribution in [0.3, 0.4) is 0 Å². The van der Waals surface area contributed by atoms with Crippen molar-refractivity contribution >= 4 is 5.97 Å². The van der Waals surface area contributed by atoms with E-state index in [9.17, 15) is 4.79 Å². The molecule has 0 rings (SSSR count). The van der Waals surface area contributed by atoms with Gasteiger partial charge in [-0.2, -0.15) is 0 Å². The first-order valence-corrected chi connectivity index (χ1v) is 4.94. The molecule has 0 spiro atoms. The second-order valence-corrected chi connectivity index (χ2v) is 3.32. The zero-order chi connectivity index (χ0) is 12.4. The SMILES string of the molecule is C=C(C)C(=O)OCCN(C)C.[O-][Cl+2]([O-])O. The molecule has 0 radical (unpaired) electrons. The van der Waals surface area contributed by atoms with Gasteiger partial charge in [0.25, 0.3) is 10.8 Å². The Bertz CT molecular complexity index is 193. The summed E-state index contributed by atoms with van der Waals surface area (Å²) in [6.07, 6.45) is 0. The number of ether oxygens (including phenoxy) is 1. The third-order valence-corrected chi connectivity index (χ3v) is 1.12. The lowest BCUT2D eigenvalue weighted by Gasteiger charge is -2.09. The molecule has 0 aromatic heterocycles. The van der Waals surface area contributed by atoms with E-state index in [1.807, 2.05) is 19.0 Å². The summed E-state index contributed by atoms with van der Waals surface area (Å²) in [7, 11) is 1.25. The lowest BCUT2D eigenvalue weighted by atomic mass is 10.4. The molecule has 0 atom stereocenters. The van der Waals surface area contributed by atoms with Gasteiger partial charge in [0.2, 0.25) is 0 Å². The summed E-state index contributed by atoms with van der Waals surface area (Å²) in [5.41, 5.74) is 0.448. The van der Waals surface area contributed by atoms with Crippen LogP contribution in [0.1, 0.15) is 6.92 Å². The number of hydrogen-bond acceptors (Lipinski definition) is 6. The van der Waals surface area contributed by atoms with Gasteiger partial charge in [-0.3, -0.25) is 0 Å². The lowest BCUT2D eigenvalue weighted by molar-refractivity contribution is -1.63. The molecule has 6 nitrogen and oxygen atoms in total. The Hall–Kier alpha value is -0.660. The number of halogens is 1. The third kappa shape index (κ3) is 19.7. The largest absolute Gasteiger partial charge is 0.461 e. The van der Waals surface area contributed by atoms with E-state index in [4.69, 9.17) is 18.7 Å². The topological polar surface area (TPSA) is 95.9 Å². The first-order valence-electron chi connectivity index (χ1n) is 3.99. The molecule has 1 N–H and O–H groups in total. The Kier molecular flexibility index (Phi) is 11.0. The van der Waals surface area contributed by atoms with Gasteiger partial charge in [0.05, 0.1) is 0 Å². The van der Waals surface area contributed by atoms with Crippen LogP contribution >= 0.6 is 0 Å². The highest BCUT2D eigenvalue weighted by Crippen LogP contribution is 1.91. The standard InChI is InChI=1S/C8H15NO2.ClHO3/c1-7(2)8(10)11-6-5-9(3)4;2-1(3)4/h1,5-6H2,2-4H3;2H. The molecule has 0 fully saturated rings. The molecule has 0 aliphatic rings. The van der Waals surface area contributed by atoms with Crippen LogP contribution in [-0.2, 0) is 9.53 Å². The highest BCUT2D eigenvalue weighted by Gasteiger charge is 2.01. The quantitative estimate of drug-likeness (QED) is 0.441. The minimum Gasteiger partial charge on any atom is -0.461 e. The van der Waals surface area contributed by atoms with E-state index in [-0.39, 0.29) is 5.97 Å². The molecule has 15 heavy (non-hydrogen) atoms. The zero-order valence-electron chi connectivity index (χ0n) is 9.03. The Labute approximate surface area is 92.2 Å². The highest BCUT2D eigenvalue weighted by atomic mass is 35.6. The number of likely N-dealkylation sites (N-methyl/N-ethyl adjacent to an activating group) is 1. The van der Waals surface area contributed by atoms with E-state index in [0.717, 1.165) is 6.54 Å². The van der Waals surface area contributed by atoms with Gasteiger partial charge in [-0.25, -0.2) is 4.79 Å². The Morgan fingerprint density at radius 2 is 1.93 bits per heavy atom. The molecule has 0 aliphatic heterocycles. The van der Waals surface area contributed by atoms with E-state index in [2.05, 4.69) is 6.58 Å². The van der Waals surface area contributed by atoms with Crippen LogP contribution in [0.2, 0.25) is 0 Å². The molecule has 0 aromatic rings. The van der Waals surface area contributed by atoms with E-state index in [1.165, 1.54) is 0 Å². The average Bonchev–Trinajstić information content (AvgIpc) is 2.01. The minimum atomic E-state index is -2.60. The second-order valence-electron chi connectivity index (χ2n) is 2.92. The van der Waals surface area contributed by atoms with Crippen molar-refractivity contribution in [2.75, 3.05) is 27.2 Å². The first-order chi connectivity index (χ1) is 6.77. The molecular weight excluding hydrogens is 226 g/mol. The maximum absolute atomic E-state index is 10.8. The van der Waals surface area contributed by atoms with Gasteiger partial charge in [0.15, 0.2) is 0 Å². The molecule has 0 aliphatic carbocycles. The zero-order valence-corrected chi connectivity index (χ0v) is 9.78. The van der Waals surface area contributed by atoms with E-state index >= 15 is 0 Å². The fourth-order valence-electron chi connectivity index (χ4n) is 0.444. The fraction of sp³-hybridized carbons (Fsp3) is 0.625. The van der Waals surface area contributed by atoms with Crippen molar-refractivity contribution in [1.82, 2.24) is 4.90 Å². The third-order valence-electron chi connectivity index (χ3n) is 1.12. The van der Waals surface area contributed by atoms with Gasteiger partial charge in [0.1, 0.15) is 6.61 Å². The van der Waals surface area contributed by atoms with Crippen LogP contribution in [-0.4, -0.2) is 42.8 Å². The van der Waals surface area contributed by atoms with Crippen LogP contribution in [0.25, 0.3) is 0 Å². The Balaban J connectivity index is 0. The van der Waals surface area contributed by atoms with Gasteiger partial charge in [-0.1, -0.05) is 6.58 Å². The van der Waals surface area contributed by atoms with Gasteiger partial charge >= 0.3 is 5.97 Å². The van der Waals surface area contributed by atoms with Gasteiger partial charge < -0.3 is 19.0 Å². The van der Waals surface area contributed by atoms with Crippen molar-refractivity contribution in [3.8, 4) is 0 Å². The highest BCUT2D eigenvalue weighted by molar-refractivity contribution is 5.86. The first kappa shape index (κ1) is 16.8. The van der Waals surface area contributed by atoms with E-state index in [1.54, 1.807) is 6.92 Å². The van der Waals surface area contributed by atoms with Crippen LogP contribution in [0, 0.1) is 10.8 Å². The molecule has 0 aromatic carbocycles. The van der Waals surface area contributed by atoms with Crippen molar-refractivity contribution in [2.45, 2.75) is 6.92 Å². The van der Waals surface area contributed by atoms with Crippen molar-refractivity contribution in [3.63, 3.8) is 0 Å². The summed E-state index contributed by atoms with van der Waals surface area (Å²) in [5, 5.41) is 0. The van der Waals surface area contributed by atoms with Gasteiger partial charge in [-0.15, -0.1) is 0 Å². The Morgan fingerprint density at radius 3 is 2.20 bits per heavy atom. The van der Waals surface area contributed by atoms with E-state index in [0.29, 0.717) is 12.2 Å². The summed E-state index contributed by atoms with van der Waals surface area (Å²) in [5.74, 6) is -0.313. The van der Waals surface area contributed by atoms with Gasteiger partial charge in [0, 0.05) is 16.8 Å². The lowest BCUT2D eigenvalue weighted by Crippen LogP contribution is -2.30. The van der Waals surface area contributed by atoms with Crippen molar-refractivity contribution in [1.29, 1.82) is 0 Å². The van der Waals surface area contributed by atoms with Crippen LogP contribution in [0.5, 0.6) is 0 Å².